The zero-order valence-electron chi connectivity index (χ0n) is 6.78. The normalized spacial score (nSPS) is 14.1. The lowest BCUT2D eigenvalue weighted by atomic mass is 10.1. The predicted molar refractivity (Wildman–Crippen MR) is 47.1 cm³/mol. The highest BCUT2D eigenvalue weighted by molar-refractivity contribution is 9.10. The number of rotatable bonds is 1. The third-order valence-electron chi connectivity index (χ3n) is 1.67. The van der Waals surface area contributed by atoms with E-state index in [0.717, 1.165) is 6.07 Å². The van der Waals surface area contributed by atoms with Gasteiger partial charge in [0.15, 0.2) is 0 Å². The van der Waals surface area contributed by atoms with Crippen LogP contribution in [0, 0.1) is 5.82 Å². The molecule has 1 aromatic rings. The van der Waals surface area contributed by atoms with Gasteiger partial charge in [-0.1, -0.05) is 12.1 Å². The van der Waals surface area contributed by atoms with E-state index in [4.69, 9.17) is 5.73 Å². The van der Waals surface area contributed by atoms with Gasteiger partial charge < -0.3 is 5.73 Å². The fourth-order valence-corrected chi connectivity index (χ4v) is 1.32. The number of alkyl halides is 3. The van der Waals surface area contributed by atoms with E-state index in [1.165, 1.54) is 12.1 Å². The molecule has 1 atom stereocenters. The molecule has 0 radical (unpaired) electrons. The Kier molecular flexibility index (Phi) is 3.16. The molecule has 2 N–H and O–H groups in total. The molecule has 0 aliphatic carbocycles. The lowest BCUT2D eigenvalue weighted by Gasteiger charge is -2.16. The van der Waals surface area contributed by atoms with Gasteiger partial charge in [-0.3, -0.25) is 0 Å². The van der Waals surface area contributed by atoms with Crippen LogP contribution in [-0.2, 0) is 0 Å². The third kappa shape index (κ3) is 2.24. The van der Waals surface area contributed by atoms with Crippen LogP contribution in [0.25, 0.3) is 0 Å². The van der Waals surface area contributed by atoms with Crippen LogP contribution in [0.2, 0.25) is 0 Å². The van der Waals surface area contributed by atoms with Crippen molar-refractivity contribution >= 4 is 15.9 Å². The van der Waals surface area contributed by atoms with E-state index in [1.807, 2.05) is 0 Å². The van der Waals surface area contributed by atoms with Gasteiger partial charge in [0.2, 0.25) is 0 Å². The van der Waals surface area contributed by atoms with Crippen molar-refractivity contribution in [1.82, 2.24) is 0 Å². The summed E-state index contributed by atoms with van der Waals surface area (Å²) in [6.07, 6.45) is -4.64. The van der Waals surface area contributed by atoms with Crippen LogP contribution in [0.15, 0.2) is 22.7 Å². The van der Waals surface area contributed by atoms with Crippen LogP contribution in [0.1, 0.15) is 11.6 Å². The van der Waals surface area contributed by atoms with Gasteiger partial charge in [0.25, 0.3) is 0 Å². The lowest BCUT2D eigenvalue weighted by molar-refractivity contribution is -0.149. The van der Waals surface area contributed by atoms with Crippen molar-refractivity contribution in [3.05, 3.63) is 34.1 Å². The molecule has 1 nitrogen and oxygen atoms in total. The van der Waals surface area contributed by atoms with E-state index >= 15 is 0 Å². The monoisotopic (exact) mass is 271 g/mol. The molecule has 0 bridgehead atoms. The van der Waals surface area contributed by atoms with Gasteiger partial charge in [-0.15, -0.1) is 0 Å². The first-order chi connectivity index (χ1) is 6.34. The molecule has 1 aromatic carbocycles. The van der Waals surface area contributed by atoms with Crippen LogP contribution >= 0.6 is 15.9 Å². The Morgan fingerprint density at radius 3 is 2.36 bits per heavy atom. The Balaban J connectivity index is 3.14. The predicted octanol–water partition coefficient (Wildman–Crippen LogP) is 3.15. The number of halogens is 5. The highest BCUT2D eigenvalue weighted by atomic mass is 79.9. The SMILES string of the molecule is NC(c1cccc(Br)c1F)C(F)(F)F. The summed E-state index contributed by atoms with van der Waals surface area (Å²) in [5.41, 5.74) is 4.29. The van der Waals surface area contributed by atoms with Gasteiger partial charge >= 0.3 is 6.18 Å². The van der Waals surface area contributed by atoms with Gasteiger partial charge in [0.1, 0.15) is 11.9 Å². The lowest BCUT2D eigenvalue weighted by Crippen LogP contribution is -2.29. The summed E-state index contributed by atoms with van der Waals surface area (Å²) in [6.45, 7) is 0. The largest absolute Gasteiger partial charge is 0.407 e. The van der Waals surface area contributed by atoms with Crippen LogP contribution < -0.4 is 5.73 Å². The second-order valence-corrected chi connectivity index (χ2v) is 3.52. The van der Waals surface area contributed by atoms with Crippen molar-refractivity contribution in [2.45, 2.75) is 12.2 Å². The molecule has 6 heteroatoms. The average molecular weight is 272 g/mol. The number of hydrogen-bond donors (Lipinski definition) is 1. The summed E-state index contributed by atoms with van der Waals surface area (Å²) in [6, 6.07) is 1.33. The highest BCUT2D eigenvalue weighted by Gasteiger charge is 2.39. The van der Waals surface area contributed by atoms with Crippen molar-refractivity contribution in [1.29, 1.82) is 0 Å². The van der Waals surface area contributed by atoms with E-state index in [-0.39, 0.29) is 4.47 Å². The van der Waals surface area contributed by atoms with E-state index in [0.29, 0.717) is 0 Å². The second kappa shape index (κ2) is 3.86. The fraction of sp³-hybridized carbons (Fsp3) is 0.250. The molecule has 0 amide bonds. The Hall–Kier alpha value is -0.620. The smallest absolute Gasteiger partial charge is 0.316 e. The van der Waals surface area contributed by atoms with Crippen LogP contribution in [0.5, 0.6) is 0 Å². The van der Waals surface area contributed by atoms with E-state index in [1.54, 1.807) is 0 Å². The molecular formula is C8H6BrF4N. The first kappa shape index (κ1) is 11.5. The molecule has 0 heterocycles. The van der Waals surface area contributed by atoms with E-state index < -0.39 is 23.6 Å². The molecular weight excluding hydrogens is 266 g/mol. The minimum Gasteiger partial charge on any atom is -0.316 e. The van der Waals surface area contributed by atoms with Crippen molar-refractivity contribution in [3.8, 4) is 0 Å². The average Bonchev–Trinajstić information content (AvgIpc) is 2.07. The van der Waals surface area contributed by atoms with Crippen LogP contribution in [0.4, 0.5) is 17.6 Å². The summed E-state index contributed by atoms with van der Waals surface area (Å²) >= 11 is 2.78. The van der Waals surface area contributed by atoms with Gasteiger partial charge in [-0.2, -0.15) is 13.2 Å². The van der Waals surface area contributed by atoms with Gasteiger partial charge in [0, 0.05) is 5.56 Å². The summed E-state index contributed by atoms with van der Waals surface area (Å²) in [5, 5.41) is 0. The third-order valence-corrected chi connectivity index (χ3v) is 2.28. The quantitative estimate of drug-likeness (QED) is 0.781. The van der Waals surface area contributed by atoms with Crippen LogP contribution in [0.3, 0.4) is 0 Å². The van der Waals surface area contributed by atoms with E-state index in [2.05, 4.69) is 15.9 Å². The molecule has 0 saturated carbocycles. The molecule has 0 aliphatic heterocycles. The standard InChI is InChI=1S/C8H6BrF4N/c9-5-3-1-2-4(6(5)10)7(14)8(11,12)13/h1-3,7H,14H2. The molecule has 1 unspecified atom stereocenters. The Morgan fingerprint density at radius 2 is 1.86 bits per heavy atom. The minimum atomic E-state index is -4.64. The Labute approximate surface area is 86.0 Å². The molecule has 0 fully saturated rings. The van der Waals surface area contributed by atoms with Gasteiger partial charge in [-0.25, -0.2) is 4.39 Å². The first-order valence-electron chi connectivity index (χ1n) is 3.60. The topological polar surface area (TPSA) is 26.0 Å². The van der Waals surface area contributed by atoms with Gasteiger partial charge in [-0.05, 0) is 22.0 Å². The van der Waals surface area contributed by atoms with Crippen molar-refractivity contribution in [2.24, 2.45) is 5.73 Å². The molecule has 0 spiro atoms. The minimum absolute atomic E-state index is 0.0327. The van der Waals surface area contributed by atoms with Crippen molar-refractivity contribution in [3.63, 3.8) is 0 Å². The fourth-order valence-electron chi connectivity index (χ4n) is 0.937. The molecule has 0 aliphatic rings. The van der Waals surface area contributed by atoms with Gasteiger partial charge in [0.05, 0.1) is 4.47 Å². The van der Waals surface area contributed by atoms with Crippen LogP contribution in [-0.4, -0.2) is 6.18 Å². The summed E-state index contributed by atoms with van der Waals surface area (Å²) in [4.78, 5) is 0. The Morgan fingerprint density at radius 1 is 1.29 bits per heavy atom. The highest BCUT2D eigenvalue weighted by Crippen LogP contribution is 2.33. The molecule has 0 saturated heterocycles. The molecule has 78 valence electrons. The number of benzene rings is 1. The van der Waals surface area contributed by atoms with E-state index in [9.17, 15) is 17.6 Å². The number of nitrogens with two attached hydrogens (primary N) is 1. The summed E-state index contributed by atoms with van der Waals surface area (Å²) in [7, 11) is 0. The zero-order chi connectivity index (χ0) is 10.9. The maximum Gasteiger partial charge on any atom is 0.407 e. The summed E-state index contributed by atoms with van der Waals surface area (Å²) in [5.74, 6) is -0.975. The maximum absolute atomic E-state index is 13.2. The van der Waals surface area contributed by atoms with Crippen molar-refractivity contribution in [2.75, 3.05) is 0 Å². The van der Waals surface area contributed by atoms with Crippen molar-refractivity contribution < 1.29 is 17.6 Å². The number of hydrogen-bond acceptors (Lipinski definition) is 1. The zero-order valence-corrected chi connectivity index (χ0v) is 8.36. The molecule has 14 heavy (non-hydrogen) atoms. The first-order valence-corrected chi connectivity index (χ1v) is 4.39. The Bertz CT molecular complexity index is 337. The maximum atomic E-state index is 13.2. The second-order valence-electron chi connectivity index (χ2n) is 2.66. The molecule has 0 aromatic heterocycles. The summed E-state index contributed by atoms with van der Waals surface area (Å²) < 4.78 is 49.5. The molecule has 1 rings (SSSR count).